The van der Waals surface area contributed by atoms with E-state index < -0.39 is 10.0 Å². The Morgan fingerprint density at radius 2 is 1.88 bits per heavy atom. The quantitative estimate of drug-likeness (QED) is 0.851. The number of nitrogens with one attached hydrogen (secondary N) is 1. The number of carbonyl (C=O) groups excluding carboxylic acids is 1. The van der Waals surface area contributed by atoms with E-state index in [9.17, 15) is 13.2 Å². The lowest BCUT2D eigenvalue weighted by molar-refractivity contribution is 0.0944. The molecule has 144 valence electrons. The van der Waals surface area contributed by atoms with Crippen LogP contribution in [0.5, 0.6) is 0 Å². The second kappa shape index (κ2) is 8.97. The smallest absolute Gasteiger partial charge is 0.251 e. The lowest BCUT2D eigenvalue weighted by Crippen LogP contribution is -2.34. The summed E-state index contributed by atoms with van der Waals surface area (Å²) in [6.07, 6.45) is 6.05. The monoisotopic (exact) mass is 380 g/mol. The maximum Gasteiger partial charge on any atom is 0.251 e. The average Bonchev–Trinajstić information content (AvgIpc) is 3.13. The Kier molecular flexibility index (Phi) is 6.67. The molecule has 0 spiro atoms. The van der Waals surface area contributed by atoms with Gasteiger partial charge >= 0.3 is 0 Å². The van der Waals surface area contributed by atoms with Crippen molar-refractivity contribution in [2.75, 3.05) is 32.8 Å². The van der Waals surface area contributed by atoms with Gasteiger partial charge in [-0.1, -0.05) is 25.3 Å². The molecule has 1 aromatic carbocycles. The fourth-order valence-corrected chi connectivity index (χ4v) is 5.05. The molecule has 0 aliphatic carbocycles. The molecule has 1 atom stereocenters. The van der Waals surface area contributed by atoms with Crippen molar-refractivity contribution in [3.63, 3.8) is 0 Å². The normalized spacial score (nSPS) is 22.5. The lowest BCUT2D eigenvalue weighted by Gasteiger charge is -2.24. The molecule has 0 radical (unpaired) electrons. The Bertz CT molecular complexity index is 706. The number of ether oxygens (including phenoxy) is 1. The van der Waals surface area contributed by atoms with Crippen molar-refractivity contribution in [1.29, 1.82) is 0 Å². The molecule has 2 saturated heterocycles. The predicted octanol–water partition coefficient (Wildman–Crippen LogP) is 2.41. The van der Waals surface area contributed by atoms with Crippen LogP contribution in [-0.4, -0.2) is 51.5 Å². The molecular weight excluding hydrogens is 352 g/mol. The topological polar surface area (TPSA) is 75.7 Å². The number of sulfonamides is 1. The summed E-state index contributed by atoms with van der Waals surface area (Å²) in [7, 11) is -3.55. The molecule has 1 unspecified atom stereocenters. The van der Waals surface area contributed by atoms with Crippen molar-refractivity contribution >= 4 is 15.9 Å². The molecule has 7 heteroatoms. The number of nitrogens with zero attached hydrogens (tertiary/aromatic N) is 1. The fraction of sp³-hybridized carbons (Fsp3) is 0.632. The zero-order valence-electron chi connectivity index (χ0n) is 15.2. The molecule has 2 fully saturated rings. The van der Waals surface area contributed by atoms with Gasteiger partial charge in [-0.25, -0.2) is 8.42 Å². The summed E-state index contributed by atoms with van der Waals surface area (Å²) in [6, 6.07) is 6.38. The van der Waals surface area contributed by atoms with Crippen LogP contribution in [0.2, 0.25) is 0 Å². The van der Waals surface area contributed by atoms with E-state index in [-0.39, 0.29) is 10.8 Å². The van der Waals surface area contributed by atoms with Gasteiger partial charge in [0, 0.05) is 37.7 Å². The SMILES string of the molecule is O=C(NCC1CCOC1)c1cccc(S(=O)(=O)N2CCCCCCC2)c1. The third kappa shape index (κ3) is 4.84. The van der Waals surface area contributed by atoms with E-state index in [1.807, 2.05) is 0 Å². The van der Waals surface area contributed by atoms with Crippen molar-refractivity contribution in [2.24, 2.45) is 5.92 Å². The Hall–Kier alpha value is -1.44. The van der Waals surface area contributed by atoms with E-state index in [0.29, 0.717) is 37.7 Å². The second-order valence-electron chi connectivity index (χ2n) is 7.14. The zero-order valence-corrected chi connectivity index (χ0v) is 16.0. The zero-order chi connectivity index (χ0) is 18.4. The highest BCUT2D eigenvalue weighted by Crippen LogP contribution is 2.21. The van der Waals surface area contributed by atoms with Crippen molar-refractivity contribution in [3.05, 3.63) is 29.8 Å². The van der Waals surface area contributed by atoms with E-state index >= 15 is 0 Å². The molecule has 0 saturated carbocycles. The molecule has 26 heavy (non-hydrogen) atoms. The van der Waals surface area contributed by atoms with Gasteiger partial charge in [0.05, 0.1) is 11.5 Å². The van der Waals surface area contributed by atoms with Crippen molar-refractivity contribution in [3.8, 4) is 0 Å². The summed E-state index contributed by atoms with van der Waals surface area (Å²) in [5.74, 6) is 0.105. The second-order valence-corrected chi connectivity index (χ2v) is 9.08. The molecule has 2 aliphatic heterocycles. The third-order valence-corrected chi connectivity index (χ3v) is 7.02. The van der Waals surface area contributed by atoms with Crippen LogP contribution in [0, 0.1) is 5.92 Å². The van der Waals surface area contributed by atoms with E-state index in [1.165, 1.54) is 12.5 Å². The van der Waals surface area contributed by atoms with Gasteiger partial charge in [-0.15, -0.1) is 0 Å². The minimum atomic E-state index is -3.55. The molecular formula is C19H28N2O4S. The Morgan fingerprint density at radius 3 is 2.58 bits per heavy atom. The van der Waals surface area contributed by atoms with Crippen LogP contribution in [0.25, 0.3) is 0 Å². The van der Waals surface area contributed by atoms with Crippen molar-refractivity contribution in [2.45, 2.75) is 43.4 Å². The van der Waals surface area contributed by atoms with Gasteiger partial charge in [-0.05, 0) is 37.5 Å². The largest absolute Gasteiger partial charge is 0.381 e. The Morgan fingerprint density at radius 1 is 1.15 bits per heavy atom. The van der Waals surface area contributed by atoms with E-state index in [2.05, 4.69) is 5.32 Å². The first-order valence-corrected chi connectivity index (χ1v) is 11.0. The van der Waals surface area contributed by atoms with E-state index in [1.54, 1.807) is 22.5 Å². The summed E-state index contributed by atoms with van der Waals surface area (Å²) in [4.78, 5) is 12.6. The van der Waals surface area contributed by atoms with Crippen LogP contribution in [-0.2, 0) is 14.8 Å². The molecule has 0 bridgehead atoms. The summed E-state index contributed by atoms with van der Waals surface area (Å²) >= 11 is 0. The first-order valence-electron chi connectivity index (χ1n) is 9.53. The van der Waals surface area contributed by atoms with Crippen LogP contribution < -0.4 is 5.32 Å². The first-order chi connectivity index (χ1) is 12.6. The fourth-order valence-electron chi connectivity index (χ4n) is 3.49. The maximum absolute atomic E-state index is 13.0. The predicted molar refractivity (Wildman–Crippen MR) is 99.5 cm³/mol. The molecule has 2 aliphatic rings. The Labute approximate surface area is 156 Å². The molecule has 2 heterocycles. The van der Waals surface area contributed by atoms with Gasteiger partial charge in [-0.2, -0.15) is 4.31 Å². The van der Waals surface area contributed by atoms with Crippen LogP contribution in [0.3, 0.4) is 0 Å². The molecule has 1 amide bonds. The number of rotatable bonds is 5. The number of benzene rings is 1. The van der Waals surface area contributed by atoms with Gasteiger partial charge < -0.3 is 10.1 Å². The highest BCUT2D eigenvalue weighted by Gasteiger charge is 2.25. The van der Waals surface area contributed by atoms with Crippen molar-refractivity contribution < 1.29 is 17.9 Å². The summed E-state index contributed by atoms with van der Waals surface area (Å²) in [5.41, 5.74) is 0.386. The van der Waals surface area contributed by atoms with Crippen LogP contribution in [0.1, 0.15) is 48.9 Å². The molecule has 3 rings (SSSR count). The lowest BCUT2D eigenvalue weighted by atomic mass is 10.1. The van der Waals surface area contributed by atoms with E-state index in [4.69, 9.17) is 4.74 Å². The van der Waals surface area contributed by atoms with Gasteiger partial charge in [-0.3, -0.25) is 4.79 Å². The maximum atomic E-state index is 13.0. The molecule has 1 aromatic rings. The minimum absolute atomic E-state index is 0.204. The Balaban J connectivity index is 1.69. The highest BCUT2D eigenvalue weighted by atomic mass is 32.2. The number of amides is 1. The minimum Gasteiger partial charge on any atom is -0.381 e. The van der Waals surface area contributed by atoms with E-state index in [0.717, 1.165) is 38.7 Å². The van der Waals surface area contributed by atoms with Crippen molar-refractivity contribution in [1.82, 2.24) is 9.62 Å². The molecule has 1 N–H and O–H groups in total. The van der Waals surface area contributed by atoms with Gasteiger partial charge in [0.15, 0.2) is 0 Å². The standard InChI is InChI=1S/C19H28N2O4S/c22-19(20-14-16-9-12-25-15-16)17-7-6-8-18(13-17)26(23,24)21-10-4-2-1-3-5-11-21/h6-8,13,16H,1-5,9-12,14-15H2,(H,20,22). The first kappa shape index (κ1) is 19.3. The average molecular weight is 381 g/mol. The molecule has 0 aromatic heterocycles. The van der Waals surface area contributed by atoms with Gasteiger partial charge in [0.1, 0.15) is 0 Å². The number of hydrogen-bond acceptors (Lipinski definition) is 4. The van der Waals surface area contributed by atoms with Gasteiger partial charge in [0.2, 0.25) is 10.0 Å². The van der Waals surface area contributed by atoms with Gasteiger partial charge in [0.25, 0.3) is 5.91 Å². The summed E-state index contributed by atoms with van der Waals surface area (Å²) in [6.45, 7) is 3.08. The van der Waals surface area contributed by atoms with Crippen LogP contribution in [0.4, 0.5) is 0 Å². The third-order valence-electron chi connectivity index (χ3n) is 5.12. The summed E-state index contributed by atoms with van der Waals surface area (Å²) < 4.78 is 32.8. The highest BCUT2D eigenvalue weighted by molar-refractivity contribution is 7.89. The summed E-state index contributed by atoms with van der Waals surface area (Å²) in [5, 5.41) is 2.89. The number of carbonyl (C=O) groups is 1. The number of hydrogen-bond donors (Lipinski definition) is 1. The molecule has 6 nitrogen and oxygen atoms in total. The van der Waals surface area contributed by atoms with Crippen LogP contribution >= 0.6 is 0 Å². The van der Waals surface area contributed by atoms with Crippen LogP contribution in [0.15, 0.2) is 29.2 Å².